The van der Waals surface area contributed by atoms with Crippen molar-refractivity contribution in [2.45, 2.75) is 6.04 Å². The second-order valence-corrected chi connectivity index (χ2v) is 6.59. The van der Waals surface area contributed by atoms with Crippen molar-refractivity contribution in [1.82, 2.24) is 9.80 Å². The van der Waals surface area contributed by atoms with Crippen LogP contribution in [0.5, 0.6) is 0 Å². The van der Waals surface area contributed by atoms with Crippen molar-refractivity contribution >= 4 is 37.7 Å². The van der Waals surface area contributed by atoms with Gasteiger partial charge in [0.05, 0.1) is 5.75 Å². The highest BCUT2D eigenvalue weighted by atomic mass is 79.9. The molecule has 1 atom stereocenters. The van der Waals surface area contributed by atoms with Crippen molar-refractivity contribution in [2.24, 2.45) is 0 Å². The fraction of sp³-hybridized carbons (Fsp3) is 0.750. The van der Waals surface area contributed by atoms with Gasteiger partial charge in [-0.3, -0.25) is 9.69 Å². The number of hydrogen-bond acceptors (Lipinski definition) is 4. The van der Waals surface area contributed by atoms with Gasteiger partial charge in [-0.25, -0.2) is 13.2 Å². The van der Waals surface area contributed by atoms with Crippen molar-refractivity contribution in [3.63, 3.8) is 0 Å². The quantitative estimate of drug-likeness (QED) is 0.527. The smallest absolute Gasteiger partial charge is 0.314 e. The Morgan fingerprint density at radius 1 is 1.38 bits per heavy atom. The van der Waals surface area contributed by atoms with E-state index < -0.39 is 21.9 Å². The number of carbonyl (C=O) groups is 2. The molecule has 1 unspecified atom stereocenters. The highest BCUT2D eigenvalue weighted by Gasteiger charge is 2.42. The van der Waals surface area contributed by atoms with Crippen LogP contribution in [0.2, 0.25) is 0 Å². The average Bonchev–Trinajstić information content (AvgIpc) is 2.35. The molecule has 0 aromatic rings. The van der Waals surface area contributed by atoms with Gasteiger partial charge in [0.2, 0.25) is 0 Å². The number of rotatable bonds is 4. The van der Waals surface area contributed by atoms with Gasteiger partial charge >= 0.3 is 6.03 Å². The van der Waals surface area contributed by atoms with E-state index in [-0.39, 0.29) is 18.2 Å². The molecule has 0 radical (unpaired) electrons. The summed E-state index contributed by atoms with van der Waals surface area (Å²) in [5, 5.41) is 0.351. The van der Waals surface area contributed by atoms with Crippen molar-refractivity contribution in [2.75, 3.05) is 30.9 Å². The fourth-order valence-corrected chi connectivity index (χ4v) is 2.62. The van der Waals surface area contributed by atoms with Crippen LogP contribution in [0.3, 0.4) is 0 Å². The third kappa shape index (κ3) is 2.73. The van der Waals surface area contributed by atoms with E-state index in [0.717, 1.165) is 11.2 Å². The van der Waals surface area contributed by atoms with E-state index in [9.17, 15) is 18.0 Å². The number of hydrogen-bond donors (Lipinski definition) is 0. The number of sulfone groups is 1. The summed E-state index contributed by atoms with van der Waals surface area (Å²) in [5.74, 6) is -0.555. The number of urea groups is 1. The Labute approximate surface area is 103 Å². The molecule has 92 valence electrons. The summed E-state index contributed by atoms with van der Waals surface area (Å²) in [7, 11) is -1.66. The Bertz CT molecular complexity index is 408. The summed E-state index contributed by atoms with van der Waals surface area (Å²) >= 11 is 3.14. The number of carbonyl (C=O) groups excluding carboxylic acids is 2. The molecular formula is C8H13BrN2O4S. The van der Waals surface area contributed by atoms with Gasteiger partial charge in [-0.15, -0.1) is 0 Å². The third-order valence-electron chi connectivity index (χ3n) is 2.38. The minimum Gasteiger partial charge on any atom is -0.314 e. The first kappa shape index (κ1) is 13.4. The first-order chi connectivity index (χ1) is 7.28. The molecule has 1 heterocycles. The van der Waals surface area contributed by atoms with Gasteiger partial charge in [0.15, 0.2) is 0 Å². The summed E-state index contributed by atoms with van der Waals surface area (Å²) < 4.78 is 21.9. The van der Waals surface area contributed by atoms with Gasteiger partial charge < -0.3 is 4.90 Å². The molecule has 8 heteroatoms. The van der Waals surface area contributed by atoms with Crippen molar-refractivity contribution in [3.05, 3.63) is 0 Å². The lowest BCUT2D eigenvalue weighted by atomic mass is 10.3. The summed E-state index contributed by atoms with van der Waals surface area (Å²) in [6.45, 7) is -0.0790. The normalized spacial score (nSPS) is 22.1. The third-order valence-corrected chi connectivity index (χ3v) is 3.92. The second kappa shape index (κ2) is 4.70. The van der Waals surface area contributed by atoms with Crippen LogP contribution < -0.4 is 0 Å². The molecule has 0 saturated carbocycles. The molecule has 1 aliphatic heterocycles. The van der Waals surface area contributed by atoms with Crippen LogP contribution in [0, 0.1) is 0 Å². The first-order valence-electron chi connectivity index (χ1n) is 4.60. The Morgan fingerprint density at radius 3 is 2.31 bits per heavy atom. The zero-order valence-electron chi connectivity index (χ0n) is 9.01. The van der Waals surface area contributed by atoms with E-state index in [1.165, 1.54) is 11.9 Å². The summed E-state index contributed by atoms with van der Waals surface area (Å²) in [6.07, 6.45) is 1.07. The van der Waals surface area contributed by atoms with Crippen LogP contribution in [0.1, 0.15) is 0 Å². The number of amides is 3. The minimum absolute atomic E-state index is 0.0790. The van der Waals surface area contributed by atoms with Gasteiger partial charge in [0.1, 0.15) is 15.9 Å². The van der Waals surface area contributed by atoms with Crippen LogP contribution in [0.25, 0.3) is 0 Å². The minimum atomic E-state index is -3.18. The lowest BCUT2D eigenvalue weighted by molar-refractivity contribution is -0.127. The summed E-state index contributed by atoms with van der Waals surface area (Å²) in [6, 6.07) is -0.981. The van der Waals surface area contributed by atoms with Crippen molar-refractivity contribution in [3.8, 4) is 0 Å². The molecule has 1 aliphatic rings. The summed E-state index contributed by atoms with van der Waals surface area (Å²) in [5.41, 5.74) is 0. The molecule has 0 aliphatic carbocycles. The van der Waals surface area contributed by atoms with Crippen molar-refractivity contribution in [1.29, 1.82) is 0 Å². The van der Waals surface area contributed by atoms with E-state index in [0.29, 0.717) is 5.33 Å². The van der Waals surface area contributed by atoms with Crippen LogP contribution in [-0.4, -0.2) is 67.1 Å². The molecule has 1 rings (SSSR count). The number of halogens is 1. The molecule has 0 aromatic carbocycles. The van der Waals surface area contributed by atoms with Crippen LogP contribution >= 0.6 is 15.9 Å². The monoisotopic (exact) mass is 312 g/mol. The lowest BCUT2D eigenvalue weighted by Crippen LogP contribution is -2.35. The predicted molar refractivity (Wildman–Crippen MR) is 62.2 cm³/mol. The van der Waals surface area contributed by atoms with E-state index in [4.69, 9.17) is 0 Å². The van der Waals surface area contributed by atoms with E-state index in [1.807, 2.05) is 0 Å². The highest BCUT2D eigenvalue weighted by Crippen LogP contribution is 2.17. The number of imide groups is 1. The van der Waals surface area contributed by atoms with Crippen LogP contribution in [0.4, 0.5) is 4.79 Å². The number of alkyl halides is 1. The van der Waals surface area contributed by atoms with Crippen LogP contribution in [0.15, 0.2) is 0 Å². The Kier molecular flexibility index (Phi) is 3.95. The highest BCUT2D eigenvalue weighted by molar-refractivity contribution is 9.09. The molecule has 6 nitrogen and oxygen atoms in total. The molecule has 0 N–H and O–H groups in total. The topological polar surface area (TPSA) is 74.8 Å². The van der Waals surface area contributed by atoms with E-state index in [1.54, 1.807) is 0 Å². The fourth-order valence-electron chi connectivity index (χ4n) is 1.40. The van der Waals surface area contributed by atoms with E-state index >= 15 is 0 Å². The Morgan fingerprint density at radius 2 is 1.94 bits per heavy atom. The molecule has 3 amide bonds. The first-order valence-corrected chi connectivity index (χ1v) is 7.78. The lowest BCUT2D eigenvalue weighted by Gasteiger charge is -2.13. The molecule has 0 spiro atoms. The number of likely N-dealkylation sites (N-methyl/N-ethyl adjacent to an activating group) is 1. The van der Waals surface area contributed by atoms with Crippen LogP contribution in [-0.2, 0) is 14.6 Å². The Hall–Kier alpha value is -0.630. The van der Waals surface area contributed by atoms with Gasteiger partial charge in [0.25, 0.3) is 5.91 Å². The zero-order chi connectivity index (χ0) is 12.5. The molecule has 1 fully saturated rings. The Balaban J connectivity index is 2.75. The standard InChI is InChI=1S/C8H13BrN2O4S/c1-10-6(5-9)7(12)11(8(10)13)3-4-16(2,14)15/h6H,3-5H2,1-2H3. The summed E-state index contributed by atoms with van der Waals surface area (Å²) in [4.78, 5) is 25.6. The maximum atomic E-state index is 11.7. The molecule has 1 saturated heterocycles. The average molecular weight is 313 g/mol. The van der Waals surface area contributed by atoms with Gasteiger partial charge in [0, 0.05) is 25.2 Å². The predicted octanol–water partition coefficient (Wildman–Crippen LogP) is -0.311. The zero-order valence-corrected chi connectivity index (χ0v) is 11.4. The molecule has 16 heavy (non-hydrogen) atoms. The molecular weight excluding hydrogens is 300 g/mol. The number of nitrogens with zero attached hydrogens (tertiary/aromatic N) is 2. The van der Waals surface area contributed by atoms with Gasteiger partial charge in [-0.1, -0.05) is 15.9 Å². The van der Waals surface area contributed by atoms with Crippen molar-refractivity contribution < 1.29 is 18.0 Å². The van der Waals surface area contributed by atoms with Gasteiger partial charge in [-0.05, 0) is 0 Å². The molecule has 0 aromatic heterocycles. The SMILES string of the molecule is CN1C(=O)N(CCS(C)(=O)=O)C(=O)C1CBr. The maximum absolute atomic E-state index is 11.7. The molecule has 0 bridgehead atoms. The maximum Gasteiger partial charge on any atom is 0.327 e. The van der Waals surface area contributed by atoms with E-state index in [2.05, 4.69) is 15.9 Å². The van der Waals surface area contributed by atoms with Gasteiger partial charge in [-0.2, -0.15) is 0 Å². The second-order valence-electron chi connectivity index (χ2n) is 3.68. The largest absolute Gasteiger partial charge is 0.327 e.